The van der Waals surface area contributed by atoms with Crippen LogP contribution >= 0.6 is 0 Å². The van der Waals surface area contributed by atoms with E-state index in [0.717, 1.165) is 12.8 Å². The van der Waals surface area contributed by atoms with Crippen molar-refractivity contribution in [2.45, 2.75) is 25.8 Å². The zero-order valence-corrected chi connectivity index (χ0v) is 17.7. The third-order valence-electron chi connectivity index (χ3n) is 5.18. The van der Waals surface area contributed by atoms with E-state index < -0.39 is 17.7 Å². The van der Waals surface area contributed by atoms with E-state index >= 15 is 0 Å². The molecule has 1 amide bonds. The Kier molecular flexibility index (Phi) is 7.31. The average molecular weight is 425 g/mol. The molecule has 1 heterocycles. The summed E-state index contributed by atoms with van der Waals surface area (Å²) in [5, 5.41) is 20.6. The van der Waals surface area contributed by atoms with Gasteiger partial charge in [-0.05, 0) is 48.4 Å². The van der Waals surface area contributed by atoms with Crippen molar-refractivity contribution in [1.29, 1.82) is 0 Å². The Morgan fingerprint density at radius 1 is 1.03 bits per heavy atom. The van der Waals surface area contributed by atoms with E-state index in [1.807, 2.05) is 0 Å². The van der Waals surface area contributed by atoms with Gasteiger partial charge in [-0.2, -0.15) is 0 Å². The molecule has 0 unspecified atom stereocenters. The minimum absolute atomic E-state index is 0.00597. The number of phenolic OH excluding ortho intramolecular Hbond substituents is 1. The van der Waals surface area contributed by atoms with Crippen molar-refractivity contribution in [3.8, 4) is 11.5 Å². The lowest BCUT2D eigenvalue weighted by atomic mass is 9.95. The van der Waals surface area contributed by atoms with Gasteiger partial charge in [0.1, 0.15) is 17.3 Å². The summed E-state index contributed by atoms with van der Waals surface area (Å²) in [5.74, 6) is -0.973. The number of carbonyl (C=O) groups is 2. The first-order valence-electron chi connectivity index (χ1n) is 10.3. The number of aromatic hydroxyl groups is 1. The van der Waals surface area contributed by atoms with E-state index in [2.05, 4.69) is 6.92 Å². The topological polar surface area (TPSA) is 96.3 Å². The lowest BCUT2D eigenvalue weighted by Gasteiger charge is -2.25. The molecule has 164 valence electrons. The van der Waals surface area contributed by atoms with Gasteiger partial charge in [0.05, 0.1) is 24.8 Å². The second kappa shape index (κ2) is 10.1. The quantitative estimate of drug-likeness (QED) is 0.276. The molecule has 7 nitrogen and oxygen atoms in total. The van der Waals surface area contributed by atoms with Crippen LogP contribution in [-0.2, 0) is 14.3 Å². The van der Waals surface area contributed by atoms with Crippen molar-refractivity contribution in [2.24, 2.45) is 0 Å². The fourth-order valence-electron chi connectivity index (χ4n) is 3.50. The molecule has 0 aromatic heterocycles. The molecule has 1 saturated heterocycles. The predicted octanol–water partition coefficient (Wildman–Crippen LogP) is 3.64. The van der Waals surface area contributed by atoms with Gasteiger partial charge < -0.3 is 24.6 Å². The van der Waals surface area contributed by atoms with Crippen LogP contribution in [0.25, 0.3) is 5.76 Å². The molecule has 31 heavy (non-hydrogen) atoms. The molecule has 2 N–H and O–H groups in total. The van der Waals surface area contributed by atoms with Crippen molar-refractivity contribution in [2.75, 3.05) is 26.9 Å². The summed E-state index contributed by atoms with van der Waals surface area (Å²) in [5.41, 5.74) is 1.02. The molecule has 3 rings (SSSR count). The molecule has 0 aliphatic carbocycles. The number of methoxy groups -OCH3 is 1. The van der Waals surface area contributed by atoms with Crippen LogP contribution in [0.3, 0.4) is 0 Å². The molecule has 1 atom stereocenters. The second-order valence-electron chi connectivity index (χ2n) is 7.30. The third-order valence-corrected chi connectivity index (χ3v) is 5.18. The summed E-state index contributed by atoms with van der Waals surface area (Å²) in [6, 6.07) is 12.2. The zero-order valence-electron chi connectivity index (χ0n) is 17.7. The van der Waals surface area contributed by atoms with Gasteiger partial charge in [0, 0.05) is 19.2 Å². The monoisotopic (exact) mass is 425 g/mol. The molecule has 0 spiro atoms. The van der Waals surface area contributed by atoms with E-state index in [9.17, 15) is 19.8 Å². The number of Topliss-reactive ketones (excluding diaryl/α,β-unsaturated/α-hetero) is 1. The number of amides is 1. The van der Waals surface area contributed by atoms with E-state index in [0.29, 0.717) is 23.5 Å². The summed E-state index contributed by atoms with van der Waals surface area (Å²) in [6.07, 6.45) is 1.97. The Labute approximate surface area is 181 Å². The number of ketones is 1. The van der Waals surface area contributed by atoms with Crippen LogP contribution in [0, 0.1) is 0 Å². The number of aliphatic hydroxyl groups excluding tert-OH is 1. The maximum atomic E-state index is 12.9. The minimum atomic E-state index is -0.781. The van der Waals surface area contributed by atoms with Crippen LogP contribution < -0.4 is 4.74 Å². The maximum Gasteiger partial charge on any atom is 0.295 e. The van der Waals surface area contributed by atoms with E-state index in [1.54, 1.807) is 36.4 Å². The van der Waals surface area contributed by atoms with Crippen molar-refractivity contribution < 1.29 is 29.3 Å². The number of unbranched alkanes of at least 4 members (excludes halogenated alkanes) is 1. The molecule has 0 radical (unpaired) electrons. The first kappa shape index (κ1) is 22.4. The third kappa shape index (κ3) is 4.88. The number of phenols is 1. The largest absolute Gasteiger partial charge is 0.508 e. The number of hydrogen-bond donors (Lipinski definition) is 2. The van der Waals surface area contributed by atoms with Crippen molar-refractivity contribution >= 4 is 17.4 Å². The van der Waals surface area contributed by atoms with Gasteiger partial charge in [-0.25, -0.2) is 0 Å². The normalized spacial score (nSPS) is 17.9. The molecular weight excluding hydrogens is 398 g/mol. The van der Waals surface area contributed by atoms with Crippen molar-refractivity contribution in [1.82, 2.24) is 4.90 Å². The van der Waals surface area contributed by atoms with E-state index in [-0.39, 0.29) is 30.2 Å². The predicted molar refractivity (Wildman–Crippen MR) is 116 cm³/mol. The fourth-order valence-corrected chi connectivity index (χ4v) is 3.50. The Morgan fingerprint density at radius 2 is 1.71 bits per heavy atom. The molecule has 0 saturated carbocycles. The molecule has 2 aromatic rings. The Hall–Kier alpha value is -3.32. The van der Waals surface area contributed by atoms with Crippen LogP contribution in [0.2, 0.25) is 0 Å². The van der Waals surface area contributed by atoms with Crippen LogP contribution in [0.4, 0.5) is 0 Å². The molecule has 0 bridgehead atoms. The summed E-state index contributed by atoms with van der Waals surface area (Å²) in [4.78, 5) is 27.0. The number of carbonyl (C=O) groups excluding carboxylic acids is 2. The number of nitrogens with zero attached hydrogens (tertiary/aromatic N) is 1. The fraction of sp³-hybridized carbons (Fsp3) is 0.333. The minimum Gasteiger partial charge on any atom is -0.508 e. The van der Waals surface area contributed by atoms with Gasteiger partial charge in [-0.3, -0.25) is 9.59 Å². The summed E-state index contributed by atoms with van der Waals surface area (Å²) in [6.45, 7) is 3.11. The van der Waals surface area contributed by atoms with E-state index in [1.165, 1.54) is 24.1 Å². The molecule has 1 fully saturated rings. The molecule has 7 heteroatoms. The summed E-state index contributed by atoms with van der Waals surface area (Å²) < 4.78 is 10.7. The standard InChI is InChI=1S/C24H27NO6/c1-3-4-14-31-19-11-7-17(8-12-19)22(27)20-21(16-5-9-18(26)10-6-16)25(13-15-30-2)24(29)23(20)28/h5-12,21,26-27H,3-4,13-15H2,1-2H3/t21-/m0/s1. The van der Waals surface area contributed by atoms with Gasteiger partial charge in [-0.1, -0.05) is 25.5 Å². The summed E-state index contributed by atoms with van der Waals surface area (Å²) in [7, 11) is 1.51. The smallest absolute Gasteiger partial charge is 0.295 e. The Bertz CT molecular complexity index is 949. The number of benzene rings is 2. The Morgan fingerprint density at radius 3 is 2.32 bits per heavy atom. The molecule has 1 aliphatic heterocycles. The molecule has 2 aromatic carbocycles. The highest BCUT2D eigenvalue weighted by atomic mass is 16.5. The van der Waals surface area contributed by atoms with Gasteiger partial charge in [0.25, 0.3) is 11.7 Å². The molecule has 1 aliphatic rings. The highest BCUT2D eigenvalue weighted by Crippen LogP contribution is 2.39. The number of likely N-dealkylation sites (tertiary alicyclic amines) is 1. The maximum absolute atomic E-state index is 12.9. The lowest BCUT2D eigenvalue weighted by Crippen LogP contribution is -2.32. The van der Waals surface area contributed by atoms with Gasteiger partial charge in [0.15, 0.2) is 0 Å². The number of ether oxygens (including phenoxy) is 2. The number of aliphatic hydroxyl groups is 1. The SMILES string of the molecule is CCCCOc1ccc(C(O)=C2C(=O)C(=O)N(CCOC)[C@H]2c2ccc(O)cc2)cc1. The zero-order chi connectivity index (χ0) is 22.4. The highest BCUT2D eigenvalue weighted by molar-refractivity contribution is 6.46. The summed E-state index contributed by atoms with van der Waals surface area (Å²) >= 11 is 0. The second-order valence-corrected chi connectivity index (χ2v) is 7.30. The van der Waals surface area contributed by atoms with Crippen molar-refractivity contribution in [3.05, 3.63) is 65.2 Å². The van der Waals surface area contributed by atoms with Gasteiger partial charge in [-0.15, -0.1) is 0 Å². The first-order valence-corrected chi connectivity index (χ1v) is 10.3. The molecular formula is C24H27NO6. The van der Waals surface area contributed by atoms with Crippen LogP contribution in [0.1, 0.15) is 36.9 Å². The van der Waals surface area contributed by atoms with Gasteiger partial charge in [0.2, 0.25) is 0 Å². The lowest BCUT2D eigenvalue weighted by molar-refractivity contribution is -0.140. The van der Waals surface area contributed by atoms with Crippen LogP contribution in [-0.4, -0.2) is 53.7 Å². The van der Waals surface area contributed by atoms with Crippen LogP contribution in [0.15, 0.2) is 54.1 Å². The Balaban J connectivity index is 2.00. The van der Waals surface area contributed by atoms with Crippen molar-refractivity contribution in [3.63, 3.8) is 0 Å². The number of rotatable bonds is 9. The highest BCUT2D eigenvalue weighted by Gasteiger charge is 2.45. The average Bonchev–Trinajstić information content (AvgIpc) is 3.03. The number of hydrogen-bond acceptors (Lipinski definition) is 6. The van der Waals surface area contributed by atoms with Gasteiger partial charge >= 0.3 is 0 Å². The first-order chi connectivity index (χ1) is 15.0. The van der Waals surface area contributed by atoms with E-state index in [4.69, 9.17) is 9.47 Å². The van der Waals surface area contributed by atoms with Crippen LogP contribution in [0.5, 0.6) is 11.5 Å².